The maximum absolute atomic E-state index is 5.40. The van der Waals surface area contributed by atoms with Crippen LogP contribution in [0, 0.1) is 0 Å². The van der Waals surface area contributed by atoms with Gasteiger partial charge in [-0.3, -0.25) is 0 Å². The van der Waals surface area contributed by atoms with E-state index in [0.717, 1.165) is 60.3 Å². The molecule has 0 aliphatic rings. The Morgan fingerprint density at radius 1 is 0.893 bits per heavy atom. The Labute approximate surface area is 165 Å². The minimum atomic E-state index is 0.754. The van der Waals surface area contributed by atoms with Gasteiger partial charge in [0.05, 0.1) is 12.8 Å². The summed E-state index contributed by atoms with van der Waals surface area (Å²) in [7, 11) is 3.62. The summed E-state index contributed by atoms with van der Waals surface area (Å²) in [6, 6.07) is 13.9. The Kier molecular flexibility index (Phi) is 7.14. The maximum Gasteiger partial charge on any atom is 0.129 e. The van der Waals surface area contributed by atoms with E-state index in [0.29, 0.717) is 0 Å². The number of ether oxygens (including phenoxy) is 1. The first kappa shape index (κ1) is 19.6. The SMILES string of the molecule is CNCCNc1cc(-c2cc(NCCc3ccccc3OC)ncn2)ccn1. The summed E-state index contributed by atoms with van der Waals surface area (Å²) in [5.74, 6) is 2.53. The Bertz CT molecular complexity index is 886. The van der Waals surface area contributed by atoms with Crippen LogP contribution in [0.5, 0.6) is 5.75 Å². The Hall–Kier alpha value is -3.19. The summed E-state index contributed by atoms with van der Waals surface area (Å²) in [6.07, 6.45) is 4.21. The fourth-order valence-electron chi connectivity index (χ4n) is 2.85. The van der Waals surface area contributed by atoms with Crippen molar-refractivity contribution in [1.29, 1.82) is 0 Å². The van der Waals surface area contributed by atoms with E-state index in [1.54, 1.807) is 19.6 Å². The molecule has 28 heavy (non-hydrogen) atoms. The highest BCUT2D eigenvalue weighted by atomic mass is 16.5. The minimum Gasteiger partial charge on any atom is -0.496 e. The molecular weight excluding hydrogens is 352 g/mol. The Morgan fingerprint density at radius 3 is 2.57 bits per heavy atom. The topological polar surface area (TPSA) is 84.0 Å². The van der Waals surface area contributed by atoms with E-state index in [1.165, 1.54) is 0 Å². The van der Waals surface area contributed by atoms with Crippen molar-refractivity contribution in [1.82, 2.24) is 20.3 Å². The van der Waals surface area contributed by atoms with Crippen molar-refractivity contribution in [2.45, 2.75) is 6.42 Å². The van der Waals surface area contributed by atoms with Crippen molar-refractivity contribution >= 4 is 11.6 Å². The van der Waals surface area contributed by atoms with Crippen LogP contribution in [0.3, 0.4) is 0 Å². The molecule has 0 amide bonds. The van der Waals surface area contributed by atoms with Crippen LogP contribution >= 0.6 is 0 Å². The summed E-state index contributed by atoms with van der Waals surface area (Å²) in [4.78, 5) is 13.1. The van der Waals surface area contributed by atoms with Gasteiger partial charge in [0, 0.05) is 37.5 Å². The lowest BCUT2D eigenvalue weighted by atomic mass is 10.1. The fourth-order valence-corrected chi connectivity index (χ4v) is 2.85. The molecule has 0 spiro atoms. The summed E-state index contributed by atoms with van der Waals surface area (Å²) in [5, 5.41) is 9.76. The molecule has 0 unspecified atom stereocenters. The summed E-state index contributed by atoms with van der Waals surface area (Å²) in [6.45, 7) is 2.44. The van der Waals surface area contributed by atoms with Crippen LogP contribution in [0.15, 0.2) is 55.0 Å². The van der Waals surface area contributed by atoms with Crippen molar-refractivity contribution < 1.29 is 4.74 Å². The average Bonchev–Trinajstić information content (AvgIpc) is 2.75. The minimum absolute atomic E-state index is 0.754. The molecule has 3 N–H and O–H groups in total. The third-order valence-corrected chi connectivity index (χ3v) is 4.30. The number of likely N-dealkylation sites (N-methyl/N-ethyl adjacent to an activating group) is 1. The maximum atomic E-state index is 5.40. The monoisotopic (exact) mass is 378 g/mol. The van der Waals surface area contributed by atoms with Gasteiger partial charge in [0.25, 0.3) is 0 Å². The zero-order valence-corrected chi connectivity index (χ0v) is 16.3. The molecule has 0 saturated carbocycles. The van der Waals surface area contributed by atoms with Gasteiger partial charge in [0.15, 0.2) is 0 Å². The van der Waals surface area contributed by atoms with Crippen LogP contribution in [-0.2, 0) is 6.42 Å². The van der Waals surface area contributed by atoms with Gasteiger partial charge in [-0.15, -0.1) is 0 Å². The van der Waals surface area contributed by atoms with Crippen LogP contribution in [-0.4, -0.2) is 48.7 Å². The largest absolute Gasteiger partial charge is 0.496 e. The average molecular weight is 378 g/mol. The predicted molar refractivity (Wildman–Crippen MR) is 113 cm³/mol. The second kappa shape index (κ2) is 10.2. The molecule has 2 heterocycles. The summed E-state index contributed by atoms with van der Waals surface area (Å²) >= 11 is 0. The number of nitrogens with one attached hydrogen (secondary N) is 3. The third kappa shape index (κ3) is 5.40. The van der Waals surface area contributed by atoms with Crippen LogP contribution in [0.1, 0.15) is 5.56 Å². The zero-order chi connectivity index (χ0) is 19.6. The molecule has 3 rings (SSSR count). The number of benzene rings is 1. The summed E-state index contributed by atoms with van der Waals surface area (Å²) in [5.41, 5.74) is 3.02. The molecule has 0 atom stereocenters. The number of hydrogen-bond acceptors (Lipinski definition) is 7. The molecule has 0 bridgehead atoms. The van der Waals surface area contributed by atoms with Gasteiger partial charge in [-0.25, -0.2) is 15.0 Å². The van der Waals surface area contributed by atoms with E-state index < -0.39 is 0 Å². The number of hydrogen-bond donors (Lipinski definition) is 3. The number of rotatable bonds is 10. The van der Waals surface area contributed by atoms with Gasteiger partial charge in [-0.05, 0) is 37.2 Å². The highest BCUT2D eigenvalue weighted by Crippen LogP contribution is 2.21. The lowest BCUT2D eigenvalue weighted by Crippen LogP contribution is -2.18. The zero-order valence-electron chi connectivity index (χ0n) is 16.3. The molecule has 3 aromatic rings. The van der Waals surface area contributed by atoms with E-state index in [9.17, 15) is 0 Å². The molecular formula is C21H26N6O. The highest BCUT2D eigenvalue weighted by Gasteiger charge is 2.05. The van der Waals surface area contributed by atoms with E-state index in [4.69, 9.17) is 4.74 Å². The number of para-hydroxylation sites is 1. The lowest BCUT2D eigenvalue weighted by molar-refractivity contribution is 0.410. The first-order chi connectivity index (χ1) is 13.8. The fraction of sp³-hybridized carbons (Fsp3) is 0.286. The van der Waals surface area contributed by atoms with Crippen molar-refractivity contribution in [3.05, 3.63) is 60.6 Å². The Balaban J connectivity index is 1.63. The van der Waals surface area contributed by atoms with Crippen LogP contribution < -0.4 is 20.7 Å². The number of nitrogens with zero attached hydrogens (tertiary/aromatic N) is 3. The number of methoxy groups -OCH3 is 1. The molecule has 2 aromatic heterocycles. The van der Waals surface area contributed by atoms with Crippen molar-refractivity contribution in [2.75, 3.05) is 44.4 Å². The second-order valence-corrected chi connectivity index (χ2v) is 6.24. The van der Waals surface area contributed by atoms with E-state index in [2.05, 4.69) is 37.0 Å². The molecule has 0 fully saturated rings. The Morgan fingerprint density at radius 2 is 1.71 bits per heavy atom. The summed E-state index contributed by atoms with van der Waals surface area (Å²) < 4.78 is 5.40. The smallest absolute Gasteiger partial charge is 0.129 e. The van der Waals surface area contributed by atoms with Gasteiger partial charge in [0.1, 0.15) is 23.7 Å². The van der Waals surface area contributed by atoms with Gasteiger partial charge >= 0.3 is 0 Å². The van der Waals surface area contributed by atoms with Gasteiger partial charge in [-0.1, -0.05) is 18.2 Å². The second-order valence-electron chi connectivity index (χ2n) is 6.24. The van der Waals surface area contributed by atoms with E-state index in [-0.39, 0.29) is 0 Å². The quantitative estimate of drug-likeness (QED) is 0.468. The molecule has 0 aliphatic carbocycles. The molecule has 146 valence electrons. The number of anilines is 2. The van der Waals surface area contributed by atoms with E-state index in [1.807, 2.05) is 43.4 Å². The predicted octanol–water partition coefficient (Wildman–Crippen LogP) is 2.83. The van der Waals surface area contributed by atoms with Crippen LogP contribution in [0.4, 0.5) is 11.6 Å². The highest BCUT2D eigenvalue weighted by molar-refractivity contribution is 5.65. The third-order valence-electron chi connectivity index (χ3n) is 4.30. The number of pyridine rings is 1. The van der Waals surface area contributed by atoms with Crippen LogP contribution in [0.25, 0.3) is 11.3 Å². The standard InChI is InChI=1S/C21H26N6O/c1-22-11-12-25-20-13-17(8-10-23-20)18-14-21(27-15-26-18)24-9-7-16-5-3-4-6-19(16)28-2/h3-6,8,10,13-15,22H,7,9,11-12H2,1-2H3,(H,23,25)(H,24,26,27). The lowest BCUT2D eigenvalue weighted by Gasteiger charge is -2.10. The first-order valence-corrected chi connectivity index (χ1v) is 9.33. The van der Waals surface area contributed by atoms with E-state index >= 15 is 0 Å². The normalized spacial score (nSPS) is 10.5. The van der Waals surface area contributed by atoms with Crippen molar-refractivity contribution in [2.24, 2.45) is 0 Å². The van der Waals surface area contributed by atoms with Gasteiger partial charge in [0.2, 0.25) is 0 Å². The molecule has 7 heteroatoms. The molecule has 7 nitrogen and oxygen atoms in total. The number of aromatic nitrogens is 3. The van der Waals surface area contributed by atoms with Crippen molar-refractivity contribution in [3.8, 4) is 17.0 Å². The molecule has 0 aliphatic heterocycles. The molecule has 0 radical (unpaired) electrons. The molecule has 1 aromatic carbocycles. The first-order valence-electron chi connectivity index (χ1n) is 9.33. The van der Waals surface area contributed by atoms with Crippen LogP contribution in [0.2, 0.25) is 0 Å². The van der Waals surface area contributed by atoms with Gasteiger partial charge in [-0.2, -0.15) is 0 Å². The van der Waals surface area contributed by atoms with Gasteiger partial charge < -0.3 is 20.7 Å². The molecule has 0 saturated heterocycles. The van der Waals surface area contributed by atoms with Crippen molar-refractivity contribution in [3.63, 3.8) is 0 Å².